The van der Waals surface area contributed by atoms with Crippen LogP contribution in [0.1, 0.15) is 25.7 Å². The van der Waals surface area contributed by atoms with Crippen molar-refractivity contribution < 1.29 is 29.4 Å². The standard InChI is InChI=1S/C10H14N2O6/c13-7(14)3-1-5-9(17)12-6(10(18)11-5)2-4-8(15)16/h5-6H,1-4H2,(H,11,18)(H,12,17)(H,13,14)(H,15,16). The molecule has 1 aliphatic heterocycles. The average molecular weight is 258 g/mol. The van der Waals surface area contributed by atoms with Gasteiger partial charge in [0.2, 0.25) is 11.8 Å². The molecule has 0 aromatic carbocycles. The van der Waals surface area contributed by atoms with Crippen LogP contribution in [0.25, 0.3) is 0 Å². The lowest BCUT2D eigenvalue weighted by molar-refractivity contribution is -0.141. The Balaban J connectivity index is 2.48. The predicted octanol–water partition coefficient (Wildman–Crippen LogP) is -1.30. The summed E-state index contributed by atoms with van der Waals surface area (Å²) in [5, 5.41) is 21.7. The molecule has 2 amide bonds. The molecule has 1 fully saturated rings. The van der Waals surface area contributed by atoms with Gasteiger partial charge in [0, 0.05) is 12.8 Å². The zero-order valence-electron chi connectivity index (χ0n) is 9.51. The van der Waals surface area contributed by atoms with Crippen molar-refractivity contribution in [1.29, 1.82) is 0 Å². The molecule has 2 unspecified atom stereocenters. The van der Waals surface area contributed by atoms with E-state index >= 15 is 0 Å². The summed E-state index contributed by atoms with van der Waals surface area (Å²) in [6, 6.07) is -1.73. The van der Waals surface area contributed by atoms with Crippen LogP contribution in [0, 0.1) is 0 Å². The maximum Gasteiger partial charge on any atom is 0.303 e. The number of hydrogen-bond acceptors (Lipinski definition) is 4. The zero-order chi connectivity index (χ0) is 13.7. The van der Waals surface area contributed by atoms with Gasteiger partial charge in [-0.2, -0.15) is 0 Å². The minimum atomic E-state index is -1.05. The molecule has 1 saturated heterocycles. The van der Waals surface area contributed by atoms with Gasteiger partial charge in [-0.05, 0) is 12.8 Å². The van der Waals surface area contributed by atoms with Crippen LogP contribution in [-0.2, 0) is 19.2 Å². The Kier molecular flexibility index (Phi) is 4.64. The van der Waals surface area contributed by atoms with Gasteiger partial charge in [0.1, 0.15) is 12.1 Å². The Labute approximate surface area is 102 Å². The van der Waals surface area contributed by atoms with Crippen molar-refractivity contribution in [3.63, 3.8) is 0 Å². The van der Waals surface area contributed by atoms with E-state index in [0.29, 0.717) is 0 Å². The molecule has 1 rings (SSSR count). The number of amides is 2. The molecule has 0 saturated carbocycles. The van der Waals surface area contributed by atoms with Crippen LogP contribution in [0.3, 0.4) is 0 Å². The first kappa shape index (κ1) is 13.9. The molecule has 0 aromatic heterocycles. The van der Waals surface area contributed by atoms with Crippen molar-refractivity contribution in [3.8, 4) is 0 Å². The number of aliphatic carboxylic acids is 2. The number of rotatable bonds is 6. The van der Waals surface area contributed by atoms with Gasteiger partial charge in [0.15, 0.2) is 0 Å². The lowest BCUT2D eigenvalue weighted by Crippen LogP contribution is -2.61. The third-order valence-electron chi connectivity index (χ3n) is 2.56. The van der Waals surface area contributed by atoms with Gasteiger partial charge in [-0.3, -0.25) is 19.2 Å². The fraction of sp³-hybridized carbons (Fsp3) is 0.600. The zero-order valence-corrected chi connectivity index (χ0v) is 9.51. The minimum Gasteiger partial charge on any atom is -0.481 e. The Morgan fingerprint density at radius 3 is 1.50 bits per heavy atom. The first-order valence-corrected chi connectivity index (χ1v) is 5.44. The van der Waals surface area contributed by atoms with Gasteiger partial charge in [-0.1, -0.05) is 0 Å². The molecule has 8 nitrogen and oxygen atoms in total. The van der Waals surface area contributed by atoms with Crippen molar-refractivity contribution in [3.05, 3.63) is 0 Å². The monoisotopic (exact) mass is 258 g/mol. The Morgan fingerprint density at radius 1 is 0.889 bits per heavy atom. The van der Waals surface area contributed by atoms with Crippen molar-refractivity contribution in [2.75, 3.05) is 0 Å². The van der Waals surface area contributed by atoms with Gasteiger partial charge in [0.25, 0.3) is 0 Å². The summed E-state index contributed by atoms with van der Waals surface area (Å²) in [4.78, 5) is 43.8. The molecule has 0 radical (unpaired) electrons. The second kappa shape index (κ2) is 5.99. The van der Waals surface area contributed by atoms with Crippen LogP contribution in [0.4, 0.5) is 0 Å². The van der Waals surface area contributed by atoms with E-state index in [1.54, 1.807) is 0 Å². The van der Waals surface area contributed by atoms with Gasteiger partial charge >= 0.3 is 11.9 Å². The van der Waals surface area contributed by atoms with Crippen LogP contribution >= 0.6 is 0 Å². The lowest BCUT2D eigenvalue weighted by atomic mass is 10.0. The van der Waals surface area contributed by atoms with E-state index in [0.717, 1.165) is 0 Å². The van der Waals surface area contributed by atoms with Gasteiger partial charge in [0.05, 0.1) is 0 Å². The number of nitrogens with one attached hydrogen (secondary N) is 2. The van der Waals surface area contributed by atoms with E-state index in [4.69, 9.17) is 10.2 Å². The summed E-state index contributed by atoms with van der Waals surface area (Å²) >= 11 is 0. The quantitative estimate of drug-likeness (QED) is 0.468. The molecule has 4 N–H and O–H groups in total. The maximum absolute atomic E-state index is 11.5. The van der Waals surface area contributed by atoms with Gasteiger partial charge in [-0.15, -0.1) is 0 Å². The molecule has 2 atom stereocenters. The van der Waals surface area contributed by atoms with E-state index in [-0.39, 0.29) is 25.7 Å². The molecule has 18 heavy (non-hydrogen) atoms. The Morgan fingerprint density at radius 2 is 1.22 bits per heavy atom. The fourth-order valence-electron chi connectivity index (χ4n) is 1.62. The summed E-state index contributed by atoms with van der Waals surface area (Å²) in [5.41, 5.74) is 0. The highest BCUT2D eigenvalue weighted by Crippen LogP contribution is 2.08. The SMILES string of the molecule is O=C(O)CCC1NC(=O)C(CCC(=O)O)NC1=O. The molecule has 0 aromatic rings. The Bertz CT molecular complexity index is 345. The summed E-state index contributed by atoms with van der Waals surface area (Å²) in [6.45, 7) is 0. The second-order valence-electron chi connectivity index (χ2n) is 3.99. The molecule has 0 bridgehead atoms. The van der Waals surface area contributed by atoms with Crippen molar-refractivity contribution in [2.45, 2.75) is 37.8 Å². The smallest absolute Gasteiger partial charge is 0.303 e. The average Bonchev–Trinajstić information content (AvgIpc) is 2.27. The molecule has 0 spiro atoms. The predicted molar refractivity (Wildman–Crippen MR) is 57.6 cm³/mol. The normalized spacial score (nSPS) is 23.1. The van der Waals surface area contributed by atoms with Crippen LogP contribution in [0.2, 0.25) is 0 Å². The van der Waals surface area contributed by atoms with Crippen molar-refractivity contribution in [2.24, 2.45) is 0 Å². The van der Waals surface area contributed by atoms with Gasteiger partial charge in [-0.25, -0.2) is 0 Å². The lowest BCUT2D eigenvalue weighted by Gasteiger charge is -2.29. The second-order valence-corrected chi connectivity index (χ2v) is 3.99. The molecular weight excluding hydrogens is 244 g/mol. The van der Waals surface area contributed by atoms with E-state index < -0.39 is 35.8 Å². The molecular formula is C10H14N2O6. The summed E-state index contributed by atoms with van der Waals surface area (Å²) in [7, 11) is 0. The highest BCUT2D eigenvalue weighted by atomic mass is 16.4. The number of carbonyl (C=O) groups is 4. The van der Waals surface area contributed by atoms with E-state index in [2.05, 4.69) is 10.6 Å². The van der Waals surface area contributed by atoms with E-state index in [1.807, 2.05) is 0 Å². The topological polar surface area (TPSA) is 133 Å². The summed E-state index contributed by atoms with van der Waals surface area (Å²) in [6.07, 6.45) is -0.423. The van der Waals surface area contributed by atoms with Crippen LogP contribution in [0.15, 0.2) is 0 Å². The minimum absolute atomic E-state index is 0.0125. The van der Waals surface area contributed by atoms with Gasteiger partial charge < -0.3 is 20.8 Å². The van der Waals surface area contributed by atoms with Crippen LogP contribution in [-0.4, -0.2) is 46.0 Å². The first-order valence-electron chi connectivity index (χ1n) is 5.44. The summed E-state index contributed by atoms with van der Waals surface area (Å²) < 4.78 is 0. The third kappa shape index (κ3) is 4.04. The first-order chi connectivity index (χ1) is 8.40. The maximum atomic E-state index is 11.5. The molecule has 8 heteroatoms. The molecule has 100 valence electrons. The number of carbonyl (C=O) groups excluding carboxylic acids is 2. The van der Waals surface area contributed by atoms with Crippen LogP contribution < -0.4 is 10.6 Å². The number of carboxylic acids is 2. The fourth-order valence-corrected chi connectivity index (χ4v) is 1.62. The highest BCUT2D eigenvalue weighted by molar-refractivity contribution is 5.97. The number of piperazine rings is 1. The third-order valence-corrected chi connectivity index (χ3v) is 2.56. The van der Waals surface area contributed by atoms with Crippen molar-refractivity contribution >= 4 is 23.8 Å². The van der Waals surface area contributed by atoms with E-state index in [9.17, 15) is 19.2 Å². The van der Waals surface area contributed by atoms with Crippen LogP contribution in [0.5, 0.6) is 0 Å². The molecule has 0 aliphatic carbocycles. The number of carboxylic acid groups (broad SMARTS) is 2. The largest absolute Gasteiger partial charge is 0.481 e. The molecule has 1 aliphatic rings. The highest BCUT2D eigenvalue weighted by Gasteiger charge is 2.33. The molecule has 1 heterocycles. The summed E-state index contributed by atoms with van der Waals surface area (Å²) in [5.74, 6) is -3.06. The van der Waals surface area contributed by atoms with E-state index in [1.165, 1.54) is 0 Å². The van der Waals surface area contributed by atoms with Crippen molar-refractivity contribution in [1.82, 2.24) is 10.6 Å². The number of hydrogen-bond donors (Lipinski definition) is 4. The Hall–Kier alpha value is -2.12.